The van der Waals surface area contributed by atoms with Gasteiger partial charge in [-0.3, -0.25) is 4.90 Å². The van der Waals surface area contributed by atoms with Crippen LogP contribution in [0.4, 0.5) is 0 Å². The second-order valence-electron chi connectivity index (χ2n) is 7.55. The van der Waals surface area contributed by atoms with Gasteiger partial charge in [-0.15, -0.1) is 0 Å². The normalized spacial score (nSPS) is 24.2. The Morgan fingerprint density at radius 3 is 2.26 bits per heavy atom. The predicted octanol–water partition coefficient (Wildman–Crippen LogP) is 3.08. The average Bonchev–Trinajstić information content (AvgIpc) is 2.55. The lowest BCUT2D eigenvalue weighted by Crippen LogP contribution is -2.41. The van der Waals surface area contributed by atoms with E-state index in [1.807, 2.05) is 20.8 Å². The summed E-state index contributed by atoms with van der Waals surface area (Å²) in [4.78, 5) is 13.8. The molecule has 1 aliphatic heterocycles. The van der Waals surface area contributed by atoms with Crippen molar-refractivity contribution in [3.8, 4) is 6.19 Å². The summed E-state index contributed by atoms with van der Waals surface area (Å²) in [5, 5.41) is 9.32. The topological polar surface area (TPSA) is 53.3 Å². The second-order valence-corrected chi connectivity index (χ2v) is 7.55. The molecule has 0 N–H and O–H groups in total. The molecule has 4 heteroatoms. The van der Waals surface area contributed by atoms with Gasteiger partial charge in [0, 0.05) is 6.04 Å². The number of nitriles is 1. The fourth-order valence-electron chi connectivity index (χ4n) is 2.54. The molecule has 19 heavy (non-hydrogen) atoms. The molecule has 0 aromatic carbocycles. The zero-order valence-corrected chi connectivity index (χ0v) is 13.0. The number of nitrogens with zero attached hydrogens (tertiary/aromatic N) is 2. The number of esters is 1. The summed E-state index contributed by atoms with van der Waals surface area (Å²) in [5.41, 5.74) is -0.344. The molecule has 0 aromatic heterocycles. The van der Waals surface area contributed by atoms with Crippen LogP contribution in [0.1, 0.15) is 60.8 Å². The van der Waals surface area contributed by atoms with Crippen molar-refractivity contribution in [2.45, 2.75) is 78.5 Å². The molecule has 108 valence electrons. The fourth-order valence-corrected chi connectivity index (χ4v) is 2.54. The standard InChI is InChI=1S/C15H26N2O2/c1-14(2,3)9-11-7-8-12(17(11)10-16)13(18)19-15(4,5)6/h11-12H,7-9H2,1-6H3. The molecule has 1 saturated heterocycles. The lowest BCUT2D eigenvalue weighted by Gasteiger charge is -2.30. The highest BCUT2D eigenvalue weighted by atomic mass is 16.6. The molecule has 1 heterocycles. The lowest BCUT2D eigenvalue weighted by molar-refractivity contribution is -0.159. The van der Waals surface area contributed by atoms with Crippen LogP contribution in [-0.4, -0.2) is 28.6 Å². The number of likely N-dealkylation sites (tertiary alicyclic amines) is 1. The SMILES string of the molecule is CC(C)(C)CC1CCC(C(=O)OC(C)(C)C)N1C#N. The maximum Gasteiger partial charge on any atom is 0.330 e. The predicted molar refractivity (Wildman–Crippen MR) is 74.2 cm³/mol. The summed E-state index contributed by atoms with van der Waals surface area (Å²) < 4.78 is 5.40. The van der Waals surface area contributed by atoms with Crippen LogP contribution in [0.5, 0.6) is 0 Å². The summed E-state index contributed by atoms with van der Waals surface area (Å²) in [6.45, 7) is 12.0. The molecule has 0 amide bonds. The van der Waals surface area contributed by atoms with Crippen molar-refractivity contribution in [2.75, 3.05) is 0 Å². The van der Waals surface area contributed by atoms with Gasteiger partial charge in [-0.05, 0) is 45.4 Å². The number of carbonyl (C=O) groups is 1. The van der Waals surface area contributed by atoms with Crippen LogP contribution in [-0.2, 0) is 9.53 Å². The molecule has 0 spiro atoms. The van der Waals surface area contributed by atoms with Gasteiger partial charge in [0.25, 0.3) is 0 Å². The van der Waals surface area contributed by atoms with Crippen LogP contribution in [0.15, 0.2) is 0 Å². The van der Waals surface area contributed by atoms with Gasteiger partial charge in [0.1, 0.15) is 11.6 Å². The molecule has 1 aliphatic rings. The van der Waals surface area contributed by atoms with Crippen LogP contribution in [0.3, 0.4) is 0 Å². The number of carbonyl (C=O) groups excluding carboxylic acids is 1. The fraction of sp³-hybridized carbons (Fsp3) is 0.867. The monoisotopic (exact) mass is 266 g/mol. The van der Waals surface area contributed by atoms with Crippen molar-refractivity contribution >= 4 is 5.97 Å². The van der Waals surface area contributed by atoms with Crippen molar-refractivity contribution < 1.29 is 9.53 Å². The van der Waals surface area contributed by atoms with Crippen molar-refractivity contribution in [3.63, 3.8) is 0 Å². The van der Waals surface area contributed by atoms with E-state index in [0.717, 1.165) is 12.8 Å². The third kappa shape index (κ3) is 4.74. The first-order valence-electron chi connectivity index (χ1n) is 6.94. The first kappa shape index (κ1) is 15.8. The van der Waals surface area contributed by atoms with Crippen LogP contribution in [0.2, 0.25) is 0 Å². The van der Waals surface area contributed by atoms with Crippen LogP contribution in [0, 0.1) is 16.9 Å². The maximum atomic E-state index is 12.1. The highest BCUT2D eigenvalue weighted by Crippen LogP contribution is 2.33. The molecule has 0 radical (unpaired) electrons. The van der Waals surface area contributed by atoms with Crippen molar-refractivity contribution in [3.05, 3.63) is 0 Å². The van der Waals surface area contributed by atoms with Gasteiger partial charge in [0.15, 0.2) is 6.19 Å². The number of rotatable bonds is 2. The Morgan fingerprint density at radius 1 is 1.26 bits per heavy atom. The van der Waals surface area contributed by atoms with E-state index in [2.05, 4.69) is 27.0 Å². The second kappa shape index (κ2) is 5.40. The van der Waals surface area contributed by atoms with Crippen molar-refractivity contribution in [1.82, 2.24) is 4.90 Å². The van der Waals surface area contributed by atoms with E-state index in [9.17, 15) is 10.1 Å². The summed E-state index contributed by atoms with van der Waals surface area (Å²) in [5.74, 6) is -0.273. The third-order valence-corrected chi connectivity index (χ3v) is 3.14. The number of ether oxygens (including phenoxy) is 1. The minimum Gasteiger partial charge on any atom is -0.458 e. The zero-order valence-electron chi connectivity index (χ0n) is 13.0. The van der Waals surface area contributed by atoms with Gasteiger partial charge in [-0.25, -0.2) is 4.79 Å². The molecule has 2 atom stereocenters. The van der Waals surface area contributed by atoms with E-state index in [1.54, 1.807) is 4.90 Å². The van der Waals surface area contributed by atoms with Crippen LogP contribution >= 0.6 is 0 Å². The van der Waals surface area contributed by atoms with E-state index < -0.39 is 11.6 Å². The van der Waals surface area contributed by atoms with Gasteiger partial charge in [0.2, 0.25) is 0 Å². The molecule has 2 unspecified atom stereocenters. The molecular weight excluding hydrogens is 240 g/mol. The minimum absolute atomic E-state index is 0.155. The van der Waals surface area contributed by atoms with E-state index in [1.165, 1.54) is 0 Å². The van der Waals surface area contributed by atoms with Gasteiger partial charge < -0.3 is 4.74 Å². The van der Waals surface area contributed by atoms with Gasteiger partial charge in [-0.1, -0.05) is 20.8 Å². The van der Waals surface area contributed by atoms with Crippen LogP contribution in [0.25, 0.3) is 0 Å². The quantitative estimate of drug-likeness (QED) is 0.569. The van der Waals surface area contributed by atoms with Crippen molar-refractivity contribution in [1.29, 1.82) is 5.26 Å². The number of hydrogen-bond acceptors (Lipinski definition) is 4. The van der Waals surface area contributed by atoms with E-state index in [4.69, 9.17) is 4.74 Å². The number of hydrogen-bond donors (Lipinski definition) is 0. The minimum atomic E-state index is -0.500. The Morgan fingerprint density at radius 2 is 1.84 bits per heavy atom. The van der Waals surface area contributed by atoms with E-state index in [0.29, 0.717) is 6.42 Å². The molecule has 0 bridgehead atoms. The smallest absolute Gasteiger partial charge is 0.330 e. The highest BCUT2D eigenvalue weighted by Gasteiger charge is 2.40. The molecule has 0 aliphatic carbocycles. The van der Waals surface area contributed by atoms with Gasteiger partial charge >= 0.3 is 5.97 Å². The average molecular weight is 266 g/mol. The Labute approximate surface area is 116 Å². The molecular formula is C15H26N2O2. The van der Waals surface area contributed by atoms with E-state index >= 15 is 0 Å². The Hall–Kier alpha value is -1.24. The molecule has 0 saturated carbocycles. The maximum absolute atomic E-state index is 12.1. The zero-order chi connectivity index (χ0) is 14.8. The van der Waals surface area contributed by atoms with E-state index in [-0.39, 0.29) is 17.4 Å². The van der Waals surface area contributed by atoms with Crippen LogP contribution < -0.4 is 0 Å². The first-order valence-corrected chi connectivity index (χ1v) is 6.94. The summed E-state index contributed by atoms with van der Waals surface area (Å²) in [6, 6.07) is -0.251. The Balaban J connectivity index is 2.73. The molecule has 4 nitrogen and oxygen atoms in total. The first-order chi connectivity index (χ1) is 8.53. The Bertz CT molecular complexity index is 371. The Kier molecular flexibility index (Phi) is 4.50. The molecule has 1 rings (SSSR count). The summed E-state index contributed by atoms with van der Waals surface area (Å²) >= 11 is 0. The van der Waals surface area contributed by atoms with Gasteiger partial charge in [-0.2, -0.15) is 5.26 Å². The summed E-state index contributed by atoms with van der Waals surface area (Å²) in [6.07, 6.45) is 4.70. The summed E-state index contributed by atoms with van der Waals surface area (Å²) in [7, 11) is 0. The van der Waals surface area contributed by atoms with Crippen molar-refractivity contribution in [2.24, 2.45) is 5.41 Å². The van der Waals surface area contributed by atoms with Gasteiger partial charge in [0.05, 0.1) is 0 Å². The molecule has 1 fully saturated rings. The largest absolute Gasteiger partial charge is 0.458 e. The highest BCUT2D eigenvalue weighted by molar-refractivity contribution is 5.77. The lowest BCUT2D eigenvalue weighted by atomic mass is 9.87. The third-order valence-electron chi connectivity index (χ3n) is 3.14. The molecule has 0 aromatic rings.